The first-order valence-corrected chi connectivity index (χ1v) is 26.8. The lowest BCUT2D eigenvalue weighted by Gasteiger charge is -2.34. The summed E-state index contributed by atoms with van der Waals surface area (Å²) in [5.74, 6) is -0.935. The summed E-state index contributed by atoms with van der Waals surface area (Å²) in [5, 5.41) is 77.2. The van der Waals surface area contributed by atoms with Crippen LogP contribution < -0.4 is 0 Å². The fourth-order valence-electron chi connectivity index (χ4n) is 18.6. The molecule has 0 saturated heterocycles. The maximum atomic E-state index is 9.60. The van der Waals surface area contributed by atoms with Gasteiger partial charge in [0.05, 0.1) is 0 Å². The standard InChI is InChI=1S/C70H22.C4H6O2/c1-3-23-11-31-19-35-15-27-7-9-29-17-37-21-33-13-25-5-2-6-26-14-34-22-38-18-30-10-8-28-16-36-20-32-12-24(4-1)39(23)53-45(31)59-49(35)55-41(27)43(29)57-51(37)61-47(33)54(40(25)26)48(34)62-52(38)58-44(30)42(28)56-50(36)60(46(32)53)63(59)69-65(55)67(57)70(64(61)62)68(58)66(56)69;1-3(2)4(5)6/h1-22H;1H2,2H3,(H,5,6). The second-order valence-corrected chi connectivity index (χ2v) is 23.8. The van der Waals surface area contributed by atoms with E-state index in [0.29, 0.717) is 0 Å². The molecule has 0 atom stereocenters. The number of rotatable bonds is 1. The van der Waals surface area contributed by atoms with Crippen LogP contribution in [0.3, 0.4) is 0 Å². The van der Waals surface area contributed by atoms with E-state index in [2.05, 4.69) is 140 Å². The van der Waals surface area contributed by atoms with Crippen molar-refractivity contribution in [3.63, 3.8) is 0 Å². The van der Waals surface area contributed by atoms with Crippen molar-refractivity contribution in [2.45, 2.75) is 6.92 Å². The van der Waals surface area contributed by atoms with Crippen LogP contribution in [0.5, 0.6) is 0 Å². The second kappa shape index (κ2) is 10.2. The minimum atomic E-state index is -0.935. The van der Waals surface area contributed by atoms with E-state index in [9.17, 15) is 4.79 Å². The lowest BCUT2D eigenvalue weighted by Crippen LogP contribution is -2.05. The molecule has 0 bridgehead atoms. The summed E-state index contributed by atoms with van der Waals surface area (Å²) in [5.41, 5.74) is 0.176. The van der Waals surface area contributed by atoms with Crippen LogP contribution in [0.4, 0.5) is 0 Å². The van der Waals surface area contributed by atoms with E-state index in [0.717, 1.165) is 0 Å². The Morgan fingerprint density at radius 3 is 0.553 bits per heavy atom. The SMILES string of the molecule is C=C(C)C(=O)O.c1cc2cc3cc4cc5ccc6cc7cc8cc9cccc%10cc%11cc%12cc%13ccc%14cc%15cc%16cc(c1)c2c1c3c2c4c3c5c6c4c7c5c8c(c9%10)c%11c6c%12c7c%13c%14c8c%15c(c%161)c2c1c3c4c(c56)c7c81. The van der Waals surface area contributed by atoms with Gasteiger partial charge in [-0.1, -0.05) is 67.2 Å². The highest BCUT2D eigenvalue weighted by Crippen LogP contribution is 2.68. The summed E-state index contributed by atoms with van der Waals surface area (Å²) in [6.45, 7) is 4.60. The molecule has 25 rings (SSSR count). The van der Waals surface area contributed by atoms with Gasteiger partial charge in [0, 0.05) is 5.57 Å². The maximum Gasteiger partial charge on any atom is 0.330 e. The van der Waals surface area contributed by atoms with E-state index in [-0.39, 0.29) is 5.57 Å². The Balaban J connectivity index is 0.000000623. The molecule has 0 spiro atoms. The molecule has 2 heteroatoms. The number of benzene rings is 25. The summed E-state index contributed by atoms with van der Waals surface area (Å²) in [4.78, 5) is 9.60. The van der Waals surface area contributed by atoms with Crippen molar-refractivity contribution < 1.29 is 9.90 Å². The van der Waals surface area contributed by atoms with E-state index in [1.165, 1.54) is 265 Å². The molecule has 25 aromatic rings. The smallest absolute Gasteiger partial charge is 0.330 e. The maximum absolute atomic E-state index is 9.60. The first-order valence-electron chi connectivity index (χ1n) is 26.8. The third kappa shape index (κ3) is 3.08. The number of carboxylic acids is 1. The van der Waals surface area contributed by atoms with E-state index < -0.39 is 5.97 Å². The van der Waals surface area contributed by atoms with Crippen LogP contribution in [0.25, 0.3) is 259 Å². The normalized spacial score (nSPS) is 14.3. The van der Waals surface area contributed by atoms with Crippen LogP contribution in [0.1, 0.15) is 6.92 Å². The highest BCUT2D eigenvalue weighted by atomic mass is 16.4. The average Bonchev–Trinajstić information content (AvgIpc) is 1.88. The van der Waals surface area contributed by atoms with Crippen molar-refractivity contribution in [1.29, 1.82) is 0 Å². The van der Waals surface area contributed by atoms with E-state index >= 15 is 0 Å². The quantitative estimate of drug-likeness (QED) is 0.101. The molecule has 336 valence electrons. The predicted octanol–water partition coefficient (Wildman–Crippen LogP) is 21.0. The number of carboxylic acid groups (broad SMARTS) is 1. The monoisotopic (exact) mass is 948 g/mol. The first-order chi connectivity index (χ1) is 37.4. The second-order valence-electron chi connectivity index (χ2n) is 23.8. The highest BCUT2D eigenvalue weighted by molar-refractivity contribution is 6.70. The minimum absolute atomic E-state index is 0.176. The van der Waals surface area contributed by atoms with Crippen LogP contribution in [-0.2, 0) is 4.79 Å². The van der Waals surface area contributed by atoms with Crippen LogP contribution >= 0.6 is 0 Å². The fraction of sp³-hybridized carbons (Fsp3) is 0.0135. The predicted molar refractivity (Wildman–Crippen MR) is 328 cm³/mol. The van der Waals surface area contributed by atoms with Gasteiger partial charge in [-0.25, -0.2) is 4.79 Å². The summed E-state index contributed by atoms with van der Waals surface area (Å²) < 4.78 is 0. The van der Waals surface area contributed by atoms with E-state index in [4.69, 9.17) is 5.11 Å². The van der Waals surface area contributed by atoms with Crippen molar-refractivity contribution in [3.05, 3.63) is 146 Å². The molecule has 0 heterocycles. The molecule has 0 saturated carbocycles. The third-order valence-corrected chi connectivity index (χ3v) is 20.7. The molecular formula is C74H28O2. The van der Waals surface area contributed by atoms with Crippen molar-refractivity contribution in [3.8, 4) is 0 Å². The summed E-state index contributed by atoms with van der Waals surface area (Å²) >= 11 is 0. The molecular weight excluding hydrogens is 921 g/mol. The Morgan fingerprint density at radius 2 is 0.368 bits per heavy atom. The Kier molecular flexibility index (Phi) is 4.73. The Bertz CT molecular complexity index is 6150. The van der Waals surface area contributed by atoms with Gasteiger partial charge in [0.2, 0.25) is 0 Å². The number of hydrogen-bond acceptors (Lipinski definition) is 1. The summed E-state index contributed by atoms with van der Waals surface area (Å²) in [6.07, 6.45) is 0. The first kappa shape index (κ1) is 35.3. The van der Waals surface area contributed by atoms with Gasteiger partial charge in [0.15, 0.2) is 0 Å². The molecule has 25 aromatic carbocycles. The molecule has 0 amide bonds. The number of aliphatic carboxylic acids is 1. The third-order valence-electron chi connectivity index (χ3n) is 20.7. The molecule has 0 aliphatic rings. The minimum Gasteiger partial charge on any atom is -0.478 e. The van der Waals surface area contributed by atoms with Crippen molar-refractivity contribution in [2.75, 3.05) is 0 Å². The molecule has 0 radical (unpaired) electrons. The summed E-state index contributed by atoms with van der Waals surface area (Å²) in [6, 6.07) is 54.7. The van der Waals surface area contributed by atoms with Gasteiger partial charge in [-0.05, 0) is 338 Å². The zero-order chi connectivity index (χ0) is 48.4. The van der Waals surface area contributed by atoms with E-state index in [1.807, 2.05) is 0 Å². The molecule has 76 heavy (non-hydrogen) atoms. The largest absolute Gasteiger partial charge is 0.478 e. The Hall–Kier alpha value is -9.89. The van der Waals surface area contributed by atoms with Crippen molar-refractivity contribution in [2.24, 2.45) is 0 Å². The van der Waals surface area contributed by atoms with Crippen LogP contribution in [0, 0.1) is 0 Å². The zero-order valence-corrected chi connectivity index (χ0v) is 40.3. The number of carbonyl (C=O) groups is 1. The topological polar surface area (TPSA) is 37.3 Å². The molecule has 0 aliphatic carbocycles. The Morgan fingerprint density at radius 1 is 0.237 bits per heavy atom. The van der Waals surface area contributed by atoms with Crippen molar-refractivity contribution >= 4 is 265 Å². The molecule has 2 nitrogen and oxygen atoms in total. The highest BCUT2D eigenvalue weighted by Gasteiger charge is 2.38. The van der Waals surface area contributed by atoms with Crippen LogP contribution in [0.2, 0.25) is 0 Å². The fourth-order valence-corrected chi connectivity index (χ4v) is 18.6. The van der Waals surface area contributed by atoms with Gasteiger partial charge in [-0.15, -0.1) is 0 Å². The molecule has 0 aromatic heterocycles. The lowest BCUT2D eigenvalue weighted by molar-refractivity contribution is -0.132. The van der Waals surface area contributed by atoms with Gasteiger partial charge < -0.3 is 5.11 Å². The molecule has 0 unspecified atom stereocenters. The van der Waals surface area contributed by atoms with Gasteiger partial charge in [0.1, 0.15) is 0 Å². The number of hydrogen-bond donors (Lipinski definition) is 1. The van der Waals surface area contributed by atoms with E-state index in [1.54, 1.807) is 0 Å². The Labute approximate surface area is 424 Å². The average molecular weight is 949 g/mol. The van der Waals surface area contributed by atoms with Gasteiger partial charge in [-0.2, -0.15) is 0 Å². The summed E-state index contributed by atoms with van der Waals surface area (Å²) in [7, 11) is 0. The van der Waals surface area contributed by atoms with Crippen LogP contribution in [0.15, 0.2) is 146 Å². The van der Waals surface area contributed by atoms with Crippen LogP contribution in [-0.4, -0.2) is 11.1 Å². The van der Waals surface area contributed by atoms with Gasteiger partial charge in [-0.3, -0.25) is 0 Å². The molecule has 0 aliphatic heterocycles. The van der Waals surface area contributed by atoms with Gasteiger partial charge >= 0.3 is 5.97 Å². The van der Waals surface area contributed by atoms with Crippen molar-refractivity contribution in [1.82, 2.24) is 0 Å². The van der Waals surface area contributed by atoms with Gasteiger partial charge in [0.25, 0.3) is 0 Å². The molecule has 0 fully saturated rings. The lowest BCUT2D eigenvalue weighted by atomic mass is 9.68. The zero-order valence-electron chi connectivity index (χ0n) is 40.3. The molecule has 1 N–H and O–H groups in total.